The Morgan fingerprint density at radius 1 is 1.50 bits per heavy atom. The molecule has 1 atom stereocenters. The molecule has 1 aromatic carbocycles. The summed E-state index contributed by atoms with van der Waals surface area (Å²) in [5.74, 6) is 0.529. The maximum Gasteiger partial charge on any atom is 0.225 e. The Bertz CT molecular complexity index is 557. The zero-order chi connectivity index (χ0) is 15.9. The molecule has 0 radical (unpaired) electrons. The zero-order valence-electron chi connectivity index (χ0n) is 12.9. The van der Waals surface area contributed by atoms with Crippen LogP contribution in [0.4, 0.5) is 0 Å². The molecule has 0 spiro atoms. The fraction of sp³-hybridized carbons (Fsp3) is 0.412. The monoisotopic (exact) mass is 302 g/mol. The van der Waals surface area contributed by atoms with Crippen molar-refractivity contribution in [2.75, 3.05) is 26.7 Å². The van der Waals surface area contributed by atoms with E-state index in [9.17, 15) is 9.59 Å². The lowest BCUT2D eigenvalue weighted by Crippen LogP contribution is -2.33. The normalized spacial score (nSPS) is 17.4. The van der Waals surface area contributed by atoms with Gasteiger partial charge in [0, 0.05) is 26.1 Å². The number of nitrogens with one attached hydrogen (secondary N) is 1. The average Bonchev–Trinajstić information content (AvgIpc) is 2.92. The van der Waals surface area contributed by atoms with Crippen molar-refractivity contribution in [2.45, 2.75) is 12.8 Å². The highest BCUT2D eigenvalue weighted by molar-refractivity contribution is 5.89. The molecule has 1 unspecified atom stereocenters. The Hall–Kier alpha value is -2.30. The SMILES string of the molecule is C=CCNC(=O)C1CC(=O)N(CCc2ccccc2OC)C1. The Kier molecular flexibility index (Phi) is 5.58. The summed E-state index contributed by atoms with van der Waals surface area (Å²) in [6.45, 7) is 5.08. The largest absolute Gasteiger partial charge is 0.496 e. The number of carbonyl (C=O) groups excluding carboxylic acids is 2. The molecule has 5 nitrogen and oxygen atoms in total. The molecule has 2 amide bonds. The van der Waals surface area contributed by atoms with Gasteiger partial charge in [-0.05, 0) is 18.1 Å². The van der Waals surface area contributed by atoms with Crippen LogP contribution in [0.5, 0.6) is 5.75 Å². The van der Waals surface area contributed by atoms with E-state index < -0.39 is 0 Å². The Labute approximate surface area is 130 Å². The summed E-state index contributed by atoms with van der Waals surface area (Å²) in [5.41, 5.74) is 1.07. The highest BCUT2D eigenvalue weighted by atomic mass is 16.5. The number of nitrogens with zero attached hydrogens (tertiary/aromatic N) is 1. The van der Waals surface area contributed by atoms with Crippen LogP contribution in [0.1, 0.15) is 12.0 Å². The number of carbonyl (C=O) groups is 2. The summed E-state index contributed by atoms with van der Waals surface area (Å²) in [5, 5.41) is 2.75. The first-order valence-electron chi connectivity index (χ1n) is 7.44. The van der Waals surface area contributed by atoms with Crippen molar-refractivity contribution in [3.05, 3.63) is 42.5 Å². The van der Waals surface area contributed by atoms with Crippen molar-refractivity contribution in [2.24, 2.45) is 5.92 Å². The smallest absolute Gasteiger partial charge is 0.225 e. The maximum absolute atomic E-state index is 12.0. The predicted octanol–water partition coefficient (Wildman–Crippen LogP) is 1.39. The Morgan fingerprint density at radius 3 is 3.00 bits per heavy atom. The first-order chi connectivity index (χ1) is 10.7. The summed E-state index contributed by atoms with van der Waals surface area (Å²) in [4.78, 5) is 25.7. The highest BCUT2D eigenvalue weighted by Crippen LogP contribution is 2.21. The number of hydrogen-bond acceptors (Lipinski definition) is 3. The molecule has 1 heterocycles. The van der Waals surface area contributed by atoms with Gasteiger partial charge in [0.1, 0.15) is 5.75 Å². The average molecular weight is 302 g/mol. The molecule has 0 bridgehead atoms. The molecule has 5 heteroatoms. The summed E-state index contributed by atoms with van der Waals surface area (Å²) in [6, 6.07) is 7.78. The third kappa shape index (κ3) is 3.87. The maximum atomic E-state index is 12.0. The third-order valence-electron chi connectivity index (χ3n) is 3.85. The van der Waals surface area contributed by atoms with E-state index in [0.717, 1.165) is 17.7 Å². The van der Waals surface area contributed by atoms with E-state index in [2.05, 4.69) is 11.9 Å². The first-order valence-corrected chi connectivity index (χ1v) is 7.44. The fourth-order valence-corrected chi connectivity index (χ4v) is 2.65. The van der Waals surface area contributed by atoms with Crippen LogP contribution in [0.3, 0.4) is 0 Å². The van der Waals surface area contributed by atoms with Crippen LogP contribution < -0.4 is 10.1 Å². The van der Waals surface area contributed by atoms with Gasteiger partial charge in [-0.3, -0.25) is 9.59 Å². The van der Waals surface area contributed by atoms with Crippen LogP contribution in [0.25, 0.3) is 0 Å². The number of para-hydroxylation sites is 1. The molecule has 0 saturated carbocycles. The number of methoxy groups -OCH3 is 1. The van der Waals surface area contributed by atoms with Crippen LogP contribution in [0.15, 0.2) is 36.9 Å². The van der Waals surface area contributed by atoms with Crippen LogP contribution in [0, 0.1) is 5.92 Å². The molecule has 22 heavy (non-hydrogen) atoms. The van der Waals surface area contributed by atoms with E-state index in [-0.39, 0.29) is 24.2 Å². The van der Waals surface area contributed by atoms with Crippen molar-refractivity contribution in [1.82, 2.24) is 10.2 Å². The van der Waals surface area contributed by atoms with Crippen molar-refractivity contribution in [3.8, 4) is 5.75 Å². The van der Waals surface area contributed by atoms with Gasteiger partial charge in [0.05, 0.1) is 13.0 Å². The molecule has 0 aliphatic carbocycles. The molecule has 2 rings (SSSR count). The summed E-state index contributed by atoms with van der Waals surface area (Å²) in [6.07, 6.45) is 2.64. The molecule has 118 valence electrons. The summed E-state index contributed by atoms with van der Waals surface area (Å²) < 4.78 is 5.31. The van der Waals surface area contributed by atoms with Crippen molar-refractivity contribution in [3.63, 3.8) is 0 Å². The van der Waals surface area contributed by atoms with E-state index in [1.807, 2.05) is 24.3 Å². The number of benzene rings is 1. The van der Waals surface area contributed by atoms with Crippen LogP contribution in [-0.4, -0.2) is 43.5 Å². The Balaban J connectivity index is 1.89. The standard InChI is InChI=1S/C17H22N2O3/c1-3-9-18-17(21)14-11-16(20)19(12-14)10-8-13-6-4-5-7-15(13)22-2/h3-7,14H,1,8-12H2,2H3,(H,18,21). The van der Waals surface area contributed by atoms with Gasteiger partial charge in [0.15, 0.2) is 0 Å². The van der Waals surface area contributed by atoms with Gasteiger partial charge in [-0.1, -0.05) is 24.3 Å². The molecular formula is C17H22N2O3. The number of rotatable bonds is 7. The van der Waals surface area contributed by atoms with Crippen molar-refractivity contribution >= 4 is 11.8 Å². The lowest BCUT2D eigenvalue weighted by atomic mass is 10.1. The summed E-state index contributed by atoms with van der Waals surface area (Å²) >= 11 is 0. The highest BCUT2D eigenvalue weighted by Gasteiger charge is 2.33. The lowest BCUT2D eigenvalue weighted by molar-refractivity contribution is -0.128. The molecule has 1 aliphatic rings. The molecule has 1 aliphatic heterocycles. The number of ether oxygens (including phenoxy) is 1. The minimum Gasteiger partial charge on any atom is -0.496 e. The third-order valence-corrected chi connectivity index (χ3v) is 3.85. The second-order valence-corrected chi connectivity index (χ2v) is 5.34. The van der Waals surface area contributed by atoms with Crippen LogP contribution in [-0.2, 0) is 16.0 Å². The number of hydrogen-bond donors (Lipinski definition) is 1. The molecule has 1 fully saturated rings. The molecule has 0 aromatic heterocycles. The van der Waals surface area contributed by atoms with Crippen molar-refractivity contribution in [1.29, 1.82) is 0 Å². The molecule has 1 saturated heterocycles. The topological polar surface area (TPSA) is 58.6 Å². The van der Waals surface area contributed by atoms with Gasteiger partial charge in [-0.2, -0.15) is 0 Å². The van der Waals surface area contributed by atoms with Gasteiger partial charge in [0.25, 0.3) is 0 Å². The van der Waals surface area contributed by atoms with Gasteiger partial charge < -0.3 is 15.0 Å². The zero-order valence-corrected chi connectivity index (χ0v) is 12.9. The fourth-order valence-electron chi connectivity index (χ4n) is 2.65. The minimum absolute atomic E-state index is 0.0358. The molecule has 1 N–H and O–H groups in total. The van der Waals surface area contributed by atoms with Gasteiger partial charge in [0.2, 0.25) is 11.8 Å². The van der Waals surface area contributed by atoms with E-state index in [0.29, 0.717) is 19.6 Å². The second-order valence-electron chi connectivity index (χ2n) is 5.34. The van der Waals surface area contributed by atoms with Gasteiger partial charge in [-0.15, -0.1) is 6.58 Å². The van der Waals surface area contributed by atoms with Gasteiger partial charge >= 0.3 is 0 Å². The van der Waals surface area contributed by atoms with E-state index >= 15 is 0 Å². The van der Waals surface area contributed by atoms with E-state index in [1.54, 1.807) is 18.1 Å². The van der Waals surface area contributed by atoms with E-state index in [4.69, 9.17) is 4.74 Å². The van der Waals surface area contributed by atoms with Crippen LogP contribution >= 0.6 is 0 Å². The molecule has 1 aromatic rings. The van der Waals surface area contributed by atoms with E-state index in [1.165, 1.54) is 0 Å². The number of likely N-dealkylation sites (tertiary alicyclic amines) is 1. The van der Waals surface area contributed by atoms with Crippen LogP contribution in [0.2, 0.25) is 0 Å². The lowest BCUT2D eigenvalue weighted by Gasteiger charge is -2.17. The quantitative estimate of drug-likeness (QED) is 0.774. The van der Waals surface area contributed by atoms with Crippen molar-refractivity contribution < 1.29 is 14.3 Å². The number of amides is 2. The second kappa shape index (κ2) is 7.64. The van der Waals surface area contributed by atoms with Gasteiger partial charge in [-0.25, -0.2) is 0 Å². The summed E-state index contributed by atoms with van der Waals surface area (Å²) in [7, 11) is 1.64. The Morgan fingerprint density at radius 2 is 2.27 bits per heavy atom. The predicted molar refractivity (Wildman–Crippen MR) is 84.6 cm³/mol. The molecular weight excluding hydrogens is 280 g/mol. The minimum atomic E-state index is -0.259. The first kappa shape index (κ1) is 16.1.